The summed E-state index contributed by atoms with van der Waals surface area (Å²) in [5, 5.41) is 0. The molecule has 0 N–H and O–H groups in total. The number of fused-ring (bicyclic) bond motifs is 1. The monoisotopic (exact) mass is 378 g/mol. The van der Waals surface area contributed by atoms with E-state index in [-0.39, 0.29) is 11.7 Å². The van der Waals surface area contributed by atoms with Crippen LogP contribution in [0.1, 0.15) is 12.5 Å². The quantitative estimate of drug-likeness (QED) is 0.443. The second-order valence-corrected chi connectivity index (χ2v) is 6.19. The van der Waals surface area contributed by atoms with Gasteiger partial charge in [0.1, 0.15) is 23.0 Å². The van der Waals surface area contributed by atoms with E-state index in [2.05, 4.69) is 13.2 Å². The highest BCUT2D eigenvalue weighted by Gasteiger charge is 2.38. The summed E-state index contributed by atoms with van der Waals surface area (Å²) in [4.78, 5) is 35.4. The lowest BCUT2D eigenvalue weighted by Gasteiger charge is -2.32. The first-order valence-corrected chi connectivity index (χ1v) is 8.57. The van der Waals surface area contributed by atoms with E-state index in [1.807, 2.05) is 0 Å². The topological polar surface area (TPSA) is 78.9 Å². The molecule has 0 saturated heterocycles. The Morgan fingerprint density at radius 2 is 1.68 bits per heavy atom. The van der Waals surface area contributed by atoms with Crippen molar-refractivity contribution < 1.29 is 28.6 Å². The SMILES string of the molecule is C=CC(=O)OC1=CC=C2OC(c3ccc(OC(=O)C=C)cc3)=CC(=O)C2C1C. The first kappa shape index (κ1) is 19.1. The first-order chi connectivity index (χ1) is 13.4. The Kier molecular flexibility index (Phi) is 5.40. The van der Waals surface area contributed by atoms with Crippen LogP contribution in [0.15, 0.2) is 79.3 Å². The van der Waals surface area contributed by atoms with Crippen molar-refractivity contribution >= 4 is 23.5 Å². The van der Waals surface area contributed by atoms with Gasteiger partial charge in [-0.1, -0.05) is 20.1 Å². The Hall–Kier alpha value is -3.67. The van der Waals surface area contributed by atoms with Crippen molar-refractivity contribution in [1.82, 2.24) is 0 Å². The lowest BCUT2D eigenvalue weighted by atomic mass is 9.81. The average Bonchev–Trinajstić information content (AvgIpc) is 2.70. The molecule has 0 radical (unpaired) electrons. The van der Waals surface area contributed by atoms with E-state index in [9.17, 15) is 14.4 Å². The largest absolute Gasteiger partial charge is 0.460 e. The molecule has 0 aromatic heterocycles. The minimum Gasteiger partial charge on any atom is -0.460 e. The molecule has 2 unspecified atom stereocenters. The second kappa shape index (κ2) is 7.92. The van der Waals surface area contributed by atoms with Gasteiger partial charge in [-0.05, 0) is 36.4 Å². The minimum atomic E-state index is -0.576. The molecule has 142 valence electrons. The summed E-state index contributed by atoms with van der Waals surface area (Å²) < 4.78 is 16.1. The molecule has 0 amide bonds. The molecule has 1 aliphatic heterocycles. The van der Waals surface area contributed by atoms with E-state index in [1.54, 1.807) is 43.3 Å². The molecule has 6 nitrogen and oxygen atoms in total. The fourth-order valence-corrected chi connectivity index (χ4v) is 2.96. The molecular formula is C22H18O6. The van der Waals surface area contributed by atoms with Gasteiger partial charge < -0.3 is 14.2 Å². The number of carbonyl (C=O) groups excluding carboxylic acids is 3. The smallest absolute Gasteiger partial charge is 0.335 e. The highest BCUT2D eigenvalue weighted by atomic mass is 16.5. The van der Waals surface area contributed by atoms with Crippen LogP contribution in [0, 0.1) is 11.8 Å². The molecule has 0 saturated carbocycles. The Morgan fingerprint density at radius 1 is 1.04 bits per heavy atom. The zero-order valence-corrected chi connectivity index (χ0v) is 15.2. The Labute approximate surface area is 162 Å². The van der Waals surface area contributed by atoms with Gasteiger partial charge in [-0.3, -0.25) is 4.79 Å². The van der Waals surface area contributed by atoms with Crippen molar-refractivity contribution in [1.29, 1.82) is 0 Å². The number of hydrogen-bond donors (Lipinski definition) is 0. The lowest BCUT2D eigenvalue weighted by Crippen LogP contribution is -2.31. The van der Waals surface area contributed by atoms with Crippen molar-refractivity contribution in [2.75, 3.05) is 0 Å². The van der Waals surface area contributed by atoms with Gasteiger partial charge in [0.15, 0.2) is 5.78 Å². The van der Waals surface area contributed by atoms with Crippen molar-refractivity contribution in [3.8, 4) is 5.75 Å². The van der Waals surface area contributed by atoms with E-state index in [1.165, 1.54) is 6.08 Å². The fourth-order valence-electron chi connectivity index (χ4n) is 2.96. The van der Waals surface area contributed by atoms with E-state index >= 15 is 0 Å². The highest BCUT2D eigenvalue weighted by molar-refractivity contribution is 6.01. The standard InChI is InChI=1S/C22H18O6/c1-4-20(24)26-15-8-6-14(7-9-15)19-12-16(23)22-13(3)17(28-21(25)5-2)10-11-18(22)27-19/h4-13,22H,1-2H2,3H3. The Morgan fingerprint density at radius 3 is 2.32 bits per heavy atom. The van der Waals surface area contributed by atoms with Crippen LogP contribution in [0.3, 0.4) is 0 Å². The van der Waals surface area contributed by atoms with E-state index < -0.39 is 17.9 Å². The van der Waals surface area contributed by atoms with Gasteiger partial charge in [0, 0.05) is 29.7 Å². The number of allylic oxidation sites excluding steroid dienone is 5. The summed E-state index contributed by atoms with van der Waals surface area (Å²) in [5.41, 5.74) is 0.659. The van der Waals surface area contributed by atoms with Crippen molar-refractivity contribution in [3.05, 3.63) is 84.9 Å². The third-order valence-corrected chi connectivity index (χ3v) is 4.38. The molecule has 1 aromatic carbocycles. The van der Waals surface area contributed by atoms with E-state index in [4.69, 9.17) is 14.2 Å². The summed E-state index contributed by atoms with van der Waals surface area (Å²) in [6.45, 7) is 8.50. The maximum absolute atomic E-state index is 12.7. The molecule has 2 aliphatic rings. The Bertz CT molecular complexity index is 946. The number of ketones is 1. The molecule has 28 heavy (non-hydrogen) atoms. The van der Waals surface area contributed by atoms with Gasteiger partial charge in [-0.2, -0.15) is 0 Å². The zero-order valence-electron chi connectivity index (χ0n) is 15.2. The highest BCUT2D eigenvalue weighted by Crippen LogP contribution is 2.39. The molecule has 6 heteroatoms. The maximum Gasteiger partial charge on any atom is 0.335 e. The predicted octanol–water partition coefficient (Wildman–Crippen LogP) is 3.48. The van der Waals surface area contributed by atoms with Crippen molar-refractivity contribution in [2.45, 2.75) is 6.92 Å². The van der Waals surface area contributed by atoms with Crippen LogP contribution in [0.25, 0.3) is 5.76 Å². The summed E-state index contributed by atoms with van der Waals surface area (Å²) in [6.07, 6.45) is 6.80. The summed E-state index contributed by atoms with van der Waals surface area (Å²) in [6, 6.07) is 6.57. The lowest BCUT2D eigenvalue weighted by molar-refractivity contribution is -0.135. The summed E-state index contributed by atoms with van der Waals surface area (Å²) >= 11 is 0. The van der Waals surface area contributed by atoms with Gasteiger partial charge >= 0.3 is 11.9 Å². The summed E-state index contributed by atoms with van der Waals surface area (Å²) in [7, 11) is 0. The van der Waals surface area contributed by atoms with Crippen LogP contribution in [0.5, 0.6) is 5.75 Å². The van der Waals surface area contributed by atoms with Gasteiger partial charge in [0.2, 0.25) is 0 Å². The number of hydrogen-bond acceptors (Lipinski definition) is 6. The number of benzene rings is 1. The van der Waals surface area contributed by atoms with Gasteiger partial charge in [-0.25, -0.2) is 9.59 Å². The molecule has 2 atom stereocenters. The molecular weight excluding hydrogens is 360 g/mol. The molecule has 0 fully saturated rings. The average molecular weight is 378 g/mol. The van der Waals surface area contributed by atoms with E-state index in [0.29, 0.717) is 28.6 Å². The van der Waals surface area contributed by atoms with Gasteiger partial charge in [0.05, 0.1) is 5.92 Å². The molecule has 1 aromatic rings. The summed E-state index contributed by atoms with van der Waals surface area (Å²) in [5.74, 6) is -0.576. The molecule has 1 aliphatic carbocycles. The molecule has 0 spiro atoms. The third kappa shape index (κ3) is 3.86. The van der Waals surface area contributed by atoms with Crippen LogP contribution in [-0.2, 0) is 23.9 Å². The van der Waals surface area contributed by atoms with Gasteiger partial charge in [0.25, 0.3) is 0 Å². The maximum atomic E-state index is 12.7. The van der Waals surface area contributed by atoms with Crippen molar-refractivity contribution in [3.63, 3.8) is 0 Å². The normalized spacial score (nSPS) is 20.5. The van der Waals surface area contributed by atoms with Crippen LogP contribution in [-0.4, -0.2) is 17.7 Å². The number of rotatable bonds is 5. The Balaban J connectivity index is 1.81. The van der Waals surface area contributed by atoms with Crippen LogP contribution >= 0.6 is 0 Å². The predicted molar refractivity (Wildman–Crippen MR) is 101 cm³/mol. The third-order valence-electron chi connectivity index (χ3n) is 4.38. The number of esters is 2. The second-order valence-electron chi connectivity index (χ2n) is 6.19. The van der Waals surface area contributed by atoms with E-state index in [0.717, 1.165) is 12.2 Å². The molecule has 0 bridgehead atoms. The van der Waals surface area contributed by atoms with Gasteiger partial charge in [-0.15, -0.1) is 0 Å². The van der Waals surface area contributed by atoms with Crippen molar-refractivity contribution in [2.24, 2.45) is 11.8 Å². The molecule has 3 rings (SSSR count). The van der Waals surface area contributed by atoms with Crippen LogP contribution < -0.4 is 4.74 Å². The van der Waals surface area contributed by atoms with Crippen LogP contribution in [0.4, 0.5) is 0 Å². The number of ether oxygens (including phenoxy) is 3. The number of carbonyl (C=O) groups is 3. The minimum absolute atomic E-state index is 0.151. The fraction of sp³-hybridized carbons (Fsp3) is 0.136. The molecule has 1 heterocycles. The zero-order chi connectivity index (χ0) is 20.3. The van der Waals surface area contributed by atoms with Crippen LogP contribution in [0.2, 0.25) is 0 Å². The first-order valence-electron chi connectivity index (χ1n) is 8.57.